The number of halogens is 2. The summed E-state index contributed by atoms with van der Waals surface area (Å²) in [4.78, 5) is 24.3. The van der Waals surface area contributed by atoms with Crippen molar-refractivity contribution in [1.29, 1.82) is 0 Å². The summed E-state index contributed by atoms with van der Waals surface area (Å²) >= 11 is 0. The molecule has 0 aliphatic heterocycles. The van der Waals surface area contributed by atoms with E-state index in [2.05, 4.69) is 30.7 Å². The third kappa shape index (κ3) is 3.63. The second kappa shape index (κ2) is 7.21. The number of carbonyl (C=O) groups excluding carboxylic acids is 1. The summed E-state index contributed by atoms with van der Waals surface area (Å²) in [5.41, 5.74) is -0.108. The van der Waals surface area contributed by atoms with Gasteiger partial charge in [-0.2, -0.15) is 9.78 Å². The fraction of sp³-hybridized carbons (Fsp3) is 0.188. The highest BCUT2D eigenvalue weighted by Crippen LogP contribution is 2.19. The molecule has 0 aliphatic rings. The van der Waals surface area contributed by atoms with Crippen LogP contribution < -0.4 is 10.6 Å². The van der Waals surface area contributed by atoms with Gasteiger partial charge in [0.05, 0.1) is 11.7 Å². The van der Waals surface area contributed by atoms with Crippen LogP contribution in [0.15, 0.2) is 36.9 Å². The van der Waals surface area contributed by atoms with Crippen molar-refractivity contribution in [3.63, 3.8) is 0 Å². The predicted molar refractivity (Wildman–Crippen MR) is 88.6 cm³/mol. The number of aromatic nitrogens is 5. The molecule has 0 saturated heterocycles. The first kappa shape index (κ1) is 17.4. The first-order valence-electron chi connectivity index (χ1n) is 7.66. The highest BCUT2D eigenvalue weighted by atomic mass is 19.1. The normalized spacial score (nSPS) is 11.8. The van der Waals surface area contributed by atoms with Gasteiger partial charge in [0.2, 0.25) is 0 Å². The summed E-state index contributed by atoms with van der Waals surface area (Å²) in [6, 6.07) is 2.28. The zero-order chi connectivity index (χ0) is 18.7. The van der Waals surface area contributed by atoms with Crippen LogP contribution in [0, 0.1) is 18.6 Å². The highest BCUT2D eigenvalue weighted by Gasteiger charge is 2.19. The van der Waals surface area contributed by atoms with Gasteiger partial charge in [0.15, 0.2) is 5.82 Å². The minimum Gasteiger partial charge on any atom is -0.328 e. The largest absolute Gasteiger partial charge is 0.328 e. The predicted octanol–water partition coefficient (Wildman–Crippen LogP) is 2.53. The van der Waals surface area contributed by atoms with Gasteiger partial charge in [-0.3, -0.25) is 0 Å². The molecule has 2 N–H and O–H groups in total. The van der Waals surface area contributed by atoms with E-state index in [-0.39, 0.29) is 11.3 Å². The van der Waals surface area contributed by atoms with Crippen LogP contribution in [-0.2, 0) is 0 Å². The van der Waals surface area contributed by atoms with Crippen LogP contribution in [0.1, 0.15) is 24.4 Å². The van der Waals surface area contributed by atoms with Crippen molar-refractivity contribution in [3.05, 3.63) is 59.9 Å². The van der Waals surface area contributed by atoms with Crippen LogP contribution in [-0.4, -0.2) is 30.8 Å². The SMILES string of the molecule is Cc1cc(F)c(NC(=O)NC(C)c2ncnn2-c2ncccn2)cc1F. The van der Waals surface area contributed by atoms with E-state index in [0.29, 0.717) is 11.8 Å². The lowest BCUT2D eigenvalue weighted by atomic mass is 10.2. The molecule has 1 aromatic carbocycles. The molecule has 0 aliphatic carbocycles. The molecule has 0 bridgehead atoms. The number of urea groups is 1. The van der Waals surface area contributed by atoms with Crippen molar-refractivity contribution in [2.45, 2.75) is 19.9 Å². The molecular formula is C16H15F2N7O. The molecule has 10 heteroatoms. The fourth-order valence-corrected chi connectivity index (χ4v) is 2.26. The summed E-state index contributed by atoms with van der Waals surface area (Å²) in [7, 11) is 0. The lowest BCUT2D eigenvalue weighted by Crippen LogP contribution is -2.33. The zero-order valence-electron chi connectivity index (χ0n) is 13.9. The molecule has 134 valence electrons. The van der Waals surface area contributed by atoms with Gasteiger partial charge in [0.25, 0.3) is 5.95 Å². The Morgan fingerprint density at radius 3 is 2.62 bits per heavy atom. The Hall–Kier alpha value is -3.43. The second-order valence-corrected chi connectivity index (χ2v) is 5.48. The molecular weight excluding hydrogens is 344 g/mol. The minimum absolute atomic E-state index is 0.151. The van der Waals surface area contributed by atoms with Gasteiger partial charge in [-0.1, -0.05) is 0 Å². The quantitative estimate of drug-likeness (QED) is 0.746. The molecule has 0 fully saturated rings. The van der Waals surface area contributed by atoms with Gasteiger partial charge in [-0.25, -0.2) is 28.5 Å². The van der Waals surface area contributed by atoms with Crippen molar-refractivity contribution >= 4 is 11.7 Å². The maximum Gasteiger partial charge on any atom is 0.319 e. The average Bonchev–Trinajstić information content (AvgIpc) is 3.10. The molecule has 2 amide bonds. The number of anilines is 1. The Kier molecular flexibility index (Phi) is 4.83. The average molecular weight is 359 g/mol. The first-order valence-corrected chi connectivity index (χ1v) is 7.66. The number of carbonyl (C=O) groups is 1. The van der Waals surface area contributed by atoms with Gasteiger partial charge in [-0.15, -0.1) is 0 Å². The number of rotatable bonds is 4. The second-order valence-electron chi connectivity index (χ2n) is 5.48. The fourth-order valence-electron chi connectivity index (χ4n) is 2.26. The first-order chi connectivity index (χ1) is 12.5. The molecule has 2 aromatic heterocycles. The Labute approximate surface area is 147 Å². The molecule has 3 aromatic rings. The maximum atomic E-state index is 13.8. The van der Waals surface area contributed by atoms with Crippen LogP contribution in [0.3, 0.4) is 0 Å². The van der Waals surface area contributed by atoms with Crippen molar-refractivity contribution in [3.8, 4) is 5.95 Å². The maximum absolute atomic E-state index is 13.8. The Bertz CT molecular complexity index is 930. The standard InChI is InChI=1S/C16H15F2N7O/c1-9-6-12(18)13(7-11(9)17)24-16(26)23-10(2)14-21-8-22-25(14)15-19-4-3-5-20-15/h3-8,10H,1-2H3,(H2,23,24,26). The molecule has 3 rings (SSSR count). The smallest absolute Gasteiger partial charge is 0.319 e. The highest BCUT2D eigenvalue weighted by molar-refractivity contribution is 5.89. The van der Waals surface area contributed by atoms with Crippen molar-refractivity contribution in [2.75, 3.05) is 5.32 Å². The van der Waals surface area contributed by atoms with Crippen LogP contribution >= 0.6 is 0 Å². The summed E-state index contributed by atoms with van der Waals surface area (Å²) in [6.45, 7) is 3.10. The number of amides is 2. The van der Waals surface area contributed by atoms with Gasteiger partial charge in [0.1, 0.15) is 18.0 Å². The van der Waals surface area contributed by atoms with Crippen LogP contribution in [0.2, 0.25) is 0 Å². The van der Waals surface area contributed by atoms with Crippen LogP contribution in [0.4, 0.5) is 19.3 Å². The van der Waals surface area contributed by atoms with E-state index in [1.165, 1.54) is 17.9 Å². The molecule has 8 nitrogen and oxygen atoms in total. The summed E-state index contributed by atoms with van der Waals surface area (Å²) in [6.07, 6.45) is 4.40. The number of aryl methyl sites for hydroxylation is 1. The third-order valence-electron chi connectivity index (χ3n) is 3.55. The zero-order valence-corrected chi connectivity index (χ0v) is 13.9. The number of hydrogen-bond donors (Lipinski definition) is 2. The van der Waals surface area contributed by atoms with E-state index < -0.39 is 23.7 Å². The molecule has 0 radical (unpaired) electrons. The minimum atomic E-state index is -0.729. The van der Waals surface area contributed by atoms with E-state index in [0.717, 1.165) is 12.1 Å². The monoisotopic (exact) mass is 359 g/mol. The lowest BCUT2D eigenvalue weighted by Gasteiger charge is -2.15. The molecule has 26 heavy (non-hydrogen) atoms. The Morgan fingerprint density at radius 2 is 1.88 bits per heavy atom. The van der Waals surface area contributed by atoms with E-state index in [1.54, 1.807) is 25.4 Å². The molecule has 2 heterocycles. The van der Waals surface area contributed by atoms with E-state index in [1.807, 2.05) is 0 Å². The summed E-state index contributed by atoms with van der Waals surface area (Å²) in [5.74, 6) is -0.675. The lowest BCUT2D eigenvalue weighted by molar-refractivity contribution is 0.248. The number of benzene rings is 1. The number of nitrogens with one attached hydrogen (secondary N) is 2. The summed E-state index contributed by atoms with van der Waals surface area (Å²) < 4.78 is 28.8. The van der Waals surface area contributed by atoms with Crippen LogP contribution in [0.5, 0.6) is 0 Å². The summed E-state index contributed by atoms with van der Waals surface area (Å²) in [5, 5.41) is 8.89. The van der Waals surface area contributed by atoms with Gasteiger partial charge in [0, 0.05) is 18.5 Å². The molecule has 0 saturated carbocycles. The van der Waals surface area contributed by atoms with Gasteiger partial charge in [-0.05, 0) is 31.5 Å². The van der Waals surface area contributed by atoms with Crippen molar-refractivity contribution in [1.82, 2.24) is 30.0 Å². The third-order valence-corrected chi connectivity index (χ3v) is 3.55. The van der Waals surface area contributed by atoms with Gasteiger partial charge < -0.3 is 10.6 Å². The van der Waals surface area contributed by atoms with Crippen LogP contribution in [0.25, 0.3) is 5.95 Å². The number of hydrogen-bond acceptors (Lipinski definition) is 5. The Balaban J connectivity index is 1.73. The van der Waals surface area contributed by atoms with E-state index >= 15 is 0 Å². The van der Waals surface area contributed by atoms with Crippen molar-refractivity contribution < 1.29 is 13.6 Å². The number of nitrogens with zero attached hydrogens (tertiary/aromatic N) is 5. The van der Waals surface area contributed by atoms with Gasteiger partial charge >= 0.3 is 6.03 Å². The van der Waals surface area contributed by atoms with E-state index in [9.17, 15) is 13.6 Å². The van der Waals surface area contributed by atoms with Crippen molar-refractivity contribution in [2.24, 2.45) is 0 Å². The Morgan fingerprint density at radius 1 is 1.15 bits per heavy atom. The molecule has 1 unspecified atom stereocenters. The molecule has 1 atom stereocenters. The topological polar surface area (TPSA) is 97.6 Å². The molecule has 0 spiro atoms. The van der Waals surface area contributed by atoms with E-state index in [4.69, 9.17) is 0 Å².